The van der Waals surface area contributed by atoms with E-state index in [4.69, 9.17) is 14.2 Å². The molecule has 4 aromatic rings. The zero-order valence-electron chi connectivity index (χ0n) is 20.3. The molecule has 8 heteroatoms. The van der Waals surface area contributed by atoms with Gasteiger partial charge in [-0.05, 0) is 42.0 Å². The number of rotatable bonds is 9. The Morgan fingerprint density at radius 2 is 1.54 bits per heavy atom. The molecule has 1 heterocycles. The predicted molar refractivity (Wildman–Crippen MR) is 139 cm³/mol. The van der Waals surface area contributed by atoms with Crippen LogP contribution in [0.2, 0.25) is 0 Å². The maximum atomic E-state index is 12.5. The number of hydrogen-bond acceptors (Lipinski definition) is 5. The van der Waals surface area contributed by atoms with E-state index in [9.17, 15) is 4.79 Å². The third-order valence-corrected chi connectivity index (χ3v) is 5.78. The zero-order chi connectivity index (χ0) is 24.8. The molecule has 0 spiro atoms. The molecule has 1 aromatic heterocycles. The summed E-state index contributed by atoms with van der Waals surface area (Å²) in [4.78, 5) is 12.5. The SMILES string of the molecule is COc1cc(OC)c(CNCc2cccc(NC(=O)Nc3ccc4c(ccn4C)c3)c2)c(OC)c1. The van der Waals surface area contributed by atoms with Gasteiger partial charge in [0, 0.05) is 60.7 Å². The highest BCUT2D eigenvalue weighted by molar-refractivity contribution is 6.01. The van der Waals surface area contributed by atoms with E-state index in [0.717, 1.165) is 27.7 Å². The second-order valence-electron chi connectivity index (χ2n) is 8.09. The van der Waals surface area contributed by atoms with E-state index in [2.05, 4.69) is 16.0 Å². The highest BCUT2D eigenvalue weighted by Crippen LogP contribution is 2.34. The molecular formula is C27H30N4O4. The number of fused-ring (bicyclic) bond motifs is 1. The van der Waals surface area contributed by atoms with Gasteiger partial charge in [0.2, 0.25) is 0 Å². The van der Waals surface area contributed by atoms with Gasteiger partial charge in [0.1, 0.15) is 17.2 Å². The van der Waals surface area contributed by atoms with Gasteiger partial charge in [-0.1, -0.05) is 12.1 Å². The van der Waals surface area contributed by atoms with E-state index in [1.165, 1.54) is 0 Å². The summed E-state index contributed by atoms with van der Waals surface area (Å²) in [6.45, 7) is 1.14. The summed E-state index contributed by atoms with van der Waals surface area (Å²) in [6, 6.07) is 18.9. The summed E-state index contributed by atoms with van der Waals surface area (Å²) < 4.78 is 18.4. The Hall–Kier alpha value is -4.17. The van der Waals surface area contributed by atoms with E-state index < -0.39 is 0 Å². The van der Waals surface area contributed by atoms with Crippen molar-refractivity contribution in [2.45, 2.75) is 13.1 Å². The van der Waals surface area contributed by atoms with Gasteiger partial charge in [0.05, 0.1) is 26.9 Å². The summed E-state index contributed by atoms with van der Waals surface area (Å²) in [5, 5.41) is 10.3. The number of nitrogens with zero attached hydrogens (tertiary/aromatic N) is 1. The largest absolute Gasteiger partial charge is 0.496 e. The van der Waals surface area contributed by atoms with Crippen LogP contribution < -0.4 is 30.2 Å². The normalized spacial score (nSPS) is 10.7. The molecule has 4 rings (SSSR count). The Labute approximate surface area is 204 Å². The van der Waals surface area contributed by atoms with Gasteiger partial charge in [-0.25, -0.2) is 4.79 Å². The van der Waals surface area contributed by atoms with Crippen molar-refractivity contribution in [1.29, 1.82) is 0 Å². The number of urea groups is 1. The monoisotopic (exact) mass is 474 g/mol. The van der Waals surface area contributed by atoms with Gasteiger partial charge in [-0.3, -0.25) is 0 Å². The molecule has 3 N–H and O–H groups in total. The minimum Gasteiger partial charge on any atom is -0.496 e. The standard InChI is InChI=1S/C27H30N4O4/c1-31-11-10-19-13-21(8-9-24(19)31)30-27(32)29-20-7-5-6-18(12-20)16-28-17-23-25(34-3)14-22(33-2)15-26(23)35-4/h5-15,28H,16-17H2,1-4H3,(H2,29,30,32). The molecule has 0 aliphatic heterocycles. The first-order chi connectivity index (χ1) is 17.0. The third-order valence-electron chi connectivity index (χ3n) is 5.78. The zero-order valence-corrected chi connectivity index (χ0v) is 20.3. The average Bonchev–Trinajstić information content (AvgIpc) is 3.23. The number of nitrogens with one attached hydrogen (secondary N) is 3. The summed E-state index contributed by atoms with van der Waals surface area (Å²) in [6.07, 6.45) is 1.99. The smallest absolute Gasteiger partial charge is 0.323 e. The fraction of sp³-hybridized carbons (Fsp3) is 0.222. The molecule has 0 radical (unpaired) electrons. The van der Waals surface area contributed by atoms with Crippen molar-refractivity contribution in [3.05, 3.63) is 78.0 Å². The number of benzene rings is 3. The van der Waals surface area contributed by atoms with Gasteiger partial charge in [0.15, 0.2) is 0 Å². The summed E-state index contributed by atoms with van der Waals surface area (Å²) in [7, 11) is 6.84. The topological polar surface area (TPSA) is 85.8 Å². The van der Waals surface area contributed by atoms with Crippen LogP contribution in [0.4, 0.5) is 16.2 Å². The molecule has 182 valence electrons. The lowest BCUT2D eigenvalue weighted by molar-refractivity contribution is 0.262. The number of amides is 2. The van der Waals surface area contributed by atoms with Crippen LogP contribution >= 0.6 is 0 Å². The van der Waals surface area contributed by atoms with Crippen LogP contribution in [0, 0.1) is 0 Å². The van der Waals surface area contributed by atoms with E-state index in [1.807, 2.05) is 78.5 Å². The number of hydrogen-bond donors (Lipinski definition) is 3. The highest BCUT2D eigenvalue weighted by atomic mass is 16.5. The van der Waals surface area contributed by atoms with E-state index in [0.29, 0.717) is 36.0 Å². The molecule has 3 aromatic carbocycles. The second-order valence-corrected chi connectivity index (χ2v) is 8.09. The van der Waals surface area contributed by atoms with Gasteiger partial charge in [-0.2, -0.15) is 0 Å². The van der Waals surface area contributed by atoms with Crippen molar-refractivity contribution in [3.8, 4) is 17.2 Å². The maximum Gasteiger partial charge on any atom is 0.323 e. The molecule has 0 aliphatic rings. The van der Waals surface area contributed by atoms with Crippen LogP contribution in [0.25, 0.3) is 10.9 Å². The van der Waals surface area contributed by atoms with Gasteiger partial charge >= 0.3 is 6.03 Å². The molecule has 0 bridgehead atoms. The Kier molecular flexibility index (Phi) is 7.42. The number of ether oxygens (including phenoxy) is 3. The lowest BCUT2D eigenvalue weighted by Crippen LogP contribution is -2.19. The highest BCUT2D eigenvalue weighted by Gasteiger charge is 2.13. The Morgan fingerprint density at radius 1 is 0.829 bits per heavy atom. The Balaban J connectivity index is 1.36. The molecule has 0 fully saturated rings. The Bertz CT molecular complexity index is 1310. The maximum absolute atomic E-state index is 12.5. The van der Waals surface area contributed by atoms with Crippen molar-refractivity contribution in [1.82, 2.24) is 9.88 Å². The van der Waals surface area contributed by atoms with Gasteiger partial charge < -0.3 is 34.7 Å². The number of aryl methyl sites for hydroxylation is 1. The number of carbonyl (C=O) groups is 1. The number of anilines is 2. The molecule has 2 amide bonds. The number of aromatic nitrogens is 1. The summed E-state index contributed by atoms with van der Waals surface area (Å²) >= 11 is 0. The summed E-state index contributed by atoms with van der Waals surface area (Å²) in [5.74, 6) is 2.05. The molecule has 0 atom stereocenters. The second kappa shape index (κ2) is 10.8. The number of carbonyl (C=O) groups excluding carboxylic acids is 1. The molecule has 0 unspecified atom stereocenters. The van der Waals surface area contributed by atoms with E-state index in [-0.39, 0.29) is 6.03 Å². The predicted octanol–water partition coefficient (Wildman–Crippen LogP) is 5.14. The Morgan fingerprint density at radius 3 is 2.23 bits per heavy atom. The van der Waals surface area contributed by atoms with Crippen molar-refractivity contribution in [2.24, 2.45) is 7.05 Å². The number of methoxy groups -OCH3 is 3. The molecule has 0 saturated carbocycles. The van der Waals surface area contributed by atoms with Crippen molar-refractivity contribution in [3.63, 3.8) is 0 Å². The third kappa shape index (κ3) is 5.67. The van der Waals surface area contributed by atoms with Crippen LogP contribution in [0.3, 0.4) is 0 Å². The average molecular weight is 475 g/mol. The molecular weight excluding hydrogens is 444 g/mol. The molecule has 35 heavy (non-hydrogen) atoms. The first-order valence-electron chi connectivity index (χ1n) is 11.2. The quantitative estimate of drug-likeness (QED) is 0.313. The van der Waals surface area contributed by atoms with Crippen LogP contribution in [-0.4, -0.2) is 31.9 Å². The van der Waals surface area contributed by atoms with Gasteiger partial charge in [0.25, 0.3) is 0 Å². The van der Waals surface area contributed by atoms with Crippen molar-refractivity contribution < 1.29 is 19.0 Å². The minimum atomic E-state index is -0.293. The summed E-state index contributed by atoms with van der Waals surface area (Å²) in [5.41, 5.74) is 4.49. The molecule has 0 aliphatic carbocycles. The van der Waals surface area contributed by atoms with E-state index in [1.54, 1.807) is 21.3 Å². The molecule has 0 saturated heterocycles. The lowest BCUT2D eigenvalue weighted by atomic mass is 10.1. The minimum absolute atomic E-state index is 0.293. The van der Waals surface area contributed by atoms with Crippen molar-refractivity contribution in [2.75, 3.05) is 32.0 Å². The first kappa shape index (κ1) is 24.0. The van der Waals surface area contributed by atoms with Crippen LogP contribution in [-0.2, 0) is 20.1 Å². The van der Waals surface area contributed by atoms with Crippen molar-refractivity contribution >= 4 is 28.3 Å². The van der Waals surface area contributed by atoms with E-state index >= 15 is 0 Å². The van der Waals surface area contributed by atoms with Gasteiger partial charge in [-0.15, -0.1) is 0 Å². The van der Waals surface area contributed by atoms with Crippen LogP contribution in [0.15, 0.2) is 66.9 Å². The fourth-order valence-electron chi connectivity index (χ4n) is 4.00. The van der Waals surface area contributed by atoms with Crippen LogP contribution in [0.1, 0.15) is 11.1 Å². The first-order valence-corrected chi connectivity index (χ1v) is 11.2. The molecule has 8 nitrogen and oxygen atoms in total. The van der Waals surface area contributed by atoms with Crippen LogP contribution in [0.5, 0.6) is 17.2 Å². The fourth-order valence-corrected chi connectivity index (χ4v) is 4.00. The lowest BCUT2D eigenvalue weighted by Gasteiger charge is -2.16.